The van der Waals surface area contributed by atoms with Crippen LogP contribution in [0, 0.1) is 22.0 Å². The summed E-state index contributed by atoms with van der Waals surface area (Å²) in [6, 6.07) is 6.66. The largest absolute Gasteiger partial charge is 0.381 e. The smallest absolute Gasteiger partial charge is 0.269 e. The Kier molecular flexibility index (Phi) is 5.49. The standard InChI is InChI=1S/C15H22N2O3/c16-10-13-2-1-3-14(13)11-20-9-8-12-4-6-15(7-5-12)17(18)19/h4-7,13-14H,1-3,8-11,16H2. The summed E-state index contributed by atoms with van der Waals surface area (Å²) in [5.74, 6) is 1.23. The molecular weight excluding hydrogens is 256 g/mol. The molecule has 0 aromatic heterocycles. The predicted octanol–water partition coefficient (Wildman–Crippen LogP) is 2.53. The quantitative estimate of drug-likeness (QED) is 0.472. The molecule has 110 valence electrons. The molecule has 0 heterocycles. The van der Waals surface area contributed by atoms with Crippen LogP contribution in [0.15, 0.2) is 24.3 Å². The number of hydrogen-bond acceptors (Lipinski definition) is 4. The lowest BCUT2D eigenvalue weighted by atomic mass is 9.97. The fraction of sp³-hybridized carbons (Fsp3) is 0.600. The van der Waals surface area contributed by atoms with Crippen LogP contribution < -0.4 is 5.73 Å². The molecule has 2 N–H and O–H groups in total. The molecule has 0 radical (unpaired) electrons. The molecule has 0 saturated heterocycles. The third kappa shape index (κ3) is 4.02. The first kappa shape index (κ1) is 14.9. The maximum Gasteiger partial charge on any atom is 0.269 e. The average molecular weight is 278 g/mol. The van der Waals surface area contributed by atoms with Gasteiger partial charge in [-0.05, 0) is 43.2 Å². The van der Waals surface area contributed by atoms with E-state index in [2.05, 4.69) is 0 Å². The predicted molar refractivity (Wildman–Crippen MR) is 77.5 cm³/mol. The Bertz CT molecular complexity index is 433. The van der Waals surface area contributed by atoms with Crippen LogP contribution in [0.2, 0.25) is 0 Å². The molecule has 2 unspecified atom stereocenters. The van der Waals surface area contributed by atoms with E-state index in [1.807, 2.05) is 0 Å². The normalized spacial score (nSPS) is 22.1. The summed E-state index contributed by atoms with van der Waals surface area (Å²) in [4.78, 5) is 10.2. The highest BCUT2D eigenvalue weighted by atomic mass is 16.6. The second kappa shape index (κ2) is 7.36. The first-order chi connectivity index (χ1) is 9.70. The Hall–Kier alpha value is -1.46. The lowest BCUT2D eigenvalue weighted by Gasteiger charge is -2.17. The van der Waals surface area contributed by atoms with Crippen LogP contribution in [0.3, 0.4) is 0 Å². The van der Waals surface area contributed by atoms with Gasteiger partial charge in [-0.25, -0.2) is 0 Å². The molecule has 0 spiro atoms. The Morgan fingerprint density at radius 1 is 1.25 bits per heavy atom. The van der Waals surface area contributed by atoms with Crippen LogP contribution in [0.25, 0.3) is 0 Å². The molecule has 0 aliphatic heterocycles. The molecule has 5 heteroatoms. The molecule has 5 nitrogen and oxygen atoms in total. The summed E-state index contributed by atoms with van der Waals surface area (Å²) in [6.07, 6.45) is 4.50. The summed E-state index contributed by atoms with van der Waals surface area (Å²) in [6.45, 7) is 2.21. The molecule has 0 amide bonds. The third-order valence-corrected chi connectivity index (χ3v) is 4.13. The fourth-order valence-corrected chi connectivity index (χ4v) is 2.85. The van der Waals surface area contributed by atoms with Crippen molar-refractivity contribution in [2.45, 2.75) is 25.7 Å². The highest BCUT2D eigenvalue weighted by molar-refractivity contribution is 5.32. The first-order valence-corrected chi connectivity index (χ1v) is 7.22. The van der Waals surface area contributed by atoms with Gasteiger partial charge in [-0.3, -0.25) is 10.1 Å². The minimum Gasteiger partial charge on any atom is -0.381 e. The fourth-order valence-electron chi connectivity index (χ4n) is 2.85. The van der Waals surface area contributed by atoms with Crippen molar-refractivity contribution in [3.05, 3.63) is 39.9 Å². The summed E-state index contributed by atoms with van der Waals surface area (Å²) in [7, 11) is 0. The van der Waals surface area contributed by atoms with E-state index in [4.69, 9.17) is 10.5 Å². The van der Waals surface area contributed by atoms with Crippen molar-refractivity contribution in [1.82, 2.24) is 0 Å². The van der Waals surface area contributed by atoms with Gasteiger partial charge in [0.05, 0.1) is 11.5 Å². The molecule has 1 aromatic carbocycles. The van der Waals surface area contributed by atoms with Crippen LogP contribution in [0.4, 0.5) is 5.69 Å². The van der Waals surface area contributed by atoms with Crippen molar-refractivity contribution in [1.29, 1.82) is 0 Å². The van der Waals surface area contributed by atoms with Gasteiger partial charge < -0.3 is 10.5 Å². The monoisotopic (exact) mass is 278 g/mol. The summed E-state index contributed by atoms with van der Waals surface area (Å²) in [5.41, 5.74) is 6.95. The van der Waals surface area contributed by atoms with E-state index in [1.165, 1.54) is 31.4 Å². The number of nitro groups is 1. The Balaban J connectivity index is 1.69. The molecule has 1 aromatic rings. The van der Waals surface area contributed by atoms with E-state index in [0.717, 1.165) is 25.1 Å². The number of hydrogen-bond donors (Lipinski definition) is 1. The summed E-state index contributed by atoms with van der Waals surface area (Å²) >= 11 is 0. The van der Waals surface area contributed by atoms with Gasteiger partial charge in [0.25, 0.3) is 5.69 Å². The van der Waals surface area contributed by atoms with E-state index < -0.39 is 0 Å². The minimum atomic E-state index is -0.382. The first-order valence-electron chi connectivity index (χ1n) is 7.22. The molecular formula is C15H22N2O3. The van der Waals surface area contributed by atoms with E-state index in [0.29, 0.717) is 18.4 Å². The van der Waals surface area contributed by atoms with Crippen molar-refractivity contribution >= 4 is 5.69 Å². The number of nitrogens with two attached hydrogens (primary N) is 1. The van der Waals surface area contributed by atoms with Crippen molar-refractivity contribution < 1.29 is 9.66 Å². The van der Waals surface area contributed by atoms with Crippen molar-refractivity contribution in [3.8, 4) is 0 Å². The molecule has 2 atom stereocenters. The van der Waals surface area contributed by atoms with Gasteiger partial charge in [-0.2, -0.15) is 0 Å². The number of benzene rings is 1. The van der Waals surface area contributed by atoms with Gasteiger partial charge in [0, 0.05) is 18.7 Å². The van der Waals surface area contributed by atoms with Crippen LogP contribution in [-0.4, -0.2) is 24.7 Å². The van der Waals surface area contributed by atoms with Crippen LogP contribution in [0.5, 0.6) is 0 Å². The maximum absolute atomic E-state index is 10.5. The van der Waals surface area contributed by atoms with Gasteiger partial charge in [0.2, 0.25) is 0 Å². The highest BCUT2D eigenvalue weighted by Crippen LogP contribution is 2.30. The van der Waals surface area contributed by atoms with Crippen LogP contribution >= 0.6 is 0 Å². The Morgan fingerprint density at radius 3 is 2.60 bits per heavy atom. The number of nitro benzene ring substituents is 1. The lowest BCUT2D eigenvalue weighted by Crippen LogP contribution is -2.22. The minimum absolute atomic E-state index is 0.131. The Labute approximate surface area is 119 Å². The number of rotatable bonds is 7. The second-order valence-corrected chi connectivity index (χ2v) is 5.44. The summed E-state index contributed by atoms with van der Waals surface area (Å²) < 4.78 is 5.74. The molecule has 20 heavy (non-hydrogen) atoms. The van der Waals surface area contributed by atoms with Gasteiger partial charge in [0.15, 0.2) is 0 Å². The van der Waals surface area contributed by atoms with Crippen LogP contribution in [0.1, 0.15) is 24.8 Å². The topological polar surface area (TPSA) is 78.4 Å². The molecule has 1 saturated carbocycles. The second-order valence-electron chi connectivity index (χ2n) is 5.44. The van der Waals surface area contributed by atoms with Gasteiger partial charge in [0.1, 0.15) is 0 Å². The number of non-ortho nitro benzene ring substituents is 1. The van der Waals surface area contributed by atoms with Crippen molar-refractivity contribution in [2.75, 3.05) is 19.8 Å². The van der Waals surface area contributed by atoms with Gasteiger partial charge in [-0.15, -0.1) is 0 Å². The number of nitrogens with zero attached hydrogens (tertiary/aromatic N) is 1. The van der Waals surface area contributed by atoms with Gasteiger partial charge in [-0.1, -0.05) is 18.6 Å². The van der Waals surface area contributed by atoms with E-state index in [1.54, 1.807) is 12.1 Å². The SMILES string of the molecule is NCC1CCCC1COCCc1ccc([N+](=O)[O-])cc1. The van der Waals surface area contributed by atoms with Gasteiger partial charge >= 0.3 is 0 Å². The summed E-state index contributed by atoms with van der Waals surface area (Å²) in [5, 5.41) is 10.5. The zero-order valence-corrected chi connectivity index (χ0v) is 11.7. The third-order valence-electron chi connectivity index (χ3n) is 4.13. The molecule has 2 rings (SSSR count). The Morgan fingerprint density at radius 2 is 1.95 bits per heavy atom. The molecule has 0 bridgehead atoms. The maximum atomic E-state index is 10.5. The molecule has 1 fully saturated rings. The molecule has 1 aliphatic rings. The highest BCUT2D eigenvalue weighted by Gasteiger charge is 2.25. The zero-order valence-electron chi connectivity index (χ0n) is 11.7. The molecule has 1 aliphatic carbocycles. The van der Waals surface area contributed by atoms with E-state index in [-0.39, 0.29) is 10.6 Å². The van der Waals surface area contributed by atoms with E-state index >= 15 is 0 Å². The van der Waals surface area contributed by atoms with Crippen molar-refractivity contribution in [2.24, 2.45) is 17.6 Å². The van der Waals surface area contributed by atoms with Crippen LogP contribution in [-0.2, 0) is 11.2 Å². The lowest BCUT2D eigenvalue weighted by molar-refractivity contribution is -0.384. The average Bonchev–Trinajstić information content (AvgIpc) is 2.91. The number of ether oxygens (including phenoxy) is 1. The zero-order chi connectivity index (χ0) is 14.4. The van der Waals surface area contributed by atoms with Crippen molar-refractivity contribution in [3.63, 3.8) is 0 Å². The van der Waals surface area contributed by atoms with E-state index in [9.17, 15) is 10.1 Å².